The molecule has 3 N–H and O–H groups in total. The highest BCUT2D eigenvalue weighted by molar-refractivity contribution is 14.0. The average Bonchev–Trinajstić information content (AvgIpc) is 3.07. The van der Waals surface area contributed by atoms with Gasteiger partial charge in [-0.3, -0.25) is 4.99 Å². The Labute approximate surface area is 180 Å². The summed E-state index contributed by atoms with van der Waals surface area (Å²) in [5.41, 5.74) is 2.27. The first-order valence-corrected chi connectivity index (χ1v) is 9.50. The number of ether oxygens (including phenoxy) is 2. The minimum Gasteiger partial charge on any atom is -0.491 e. The zero-order valence-electron chi connectivity index (χ0n) is 16.7. The molecule has 2 rings (SSSR count). The Hall–Kier alpha value is -1.06. The maximum atomic E-state index is 9.34. The molecule has 6 nitrogen and oxygen atoms in total. The fraction of sp³-hybridized carbons (Fsp3) is 0.650. The van der Waals surface area contributed by atoms with Gasteiger partial charge in [0.2, 0.25) is 0 Å². The molecule has 1 unspecified atom stereocenters. The summed E-state index contributed by atoms with van der Waals surface area (Å²) in [4.78, 5) is 4.71. The van der Waals surface area contributed by atoms with Crippen molar-refractivity contribution in [2.24, 2.45) is 10.4 Å². The van der Waals surface area contributed by atoms with E-state index in [1.54, 1.807) is 0 Å². The Balaban J connectivity index is 0.00000364. The molecule has 1 aromatic rings. The lowest BCUT2D eigenvalue weighted by atomic mass is 9.84. The van der Waals surface area contributed by atoms with Crippen LogP contribution in [0.5, 0.6) is 5.75 Å². The van der Waals surface area contributed by atoms with Crippen LogP contribution in [0.25, 0.3) is 0 Å². The molecule has 1 aromatic carbocycles. The van der Waals surface area contributed by atoms with Gasteiger partial charge in [0.25, 0.3) is 0 Å². The quantitative estimate of drug-likeness (QED) is 0.214. The van der Waals surface area contributed by atoms with Gasteiger partial charge in [0.15, 0.2) is 5.96 Å². The number of hydrogen-bond acceptors (Lipinski definition) is 4. The summed E-state index contributed by atoms with van der Waals surface area (Å²) >= 11 is 0. The van der Waals surface area contributed by atoms with E-state index in [4.69, 9.17) is 14.5 Å². The van der Waals surface area contributed by atoms with Gasteiger partial charge in [-0.1, -0.05) is 18.2 Å². The van der Waals surface area contributed by atoms with Gasteiger partial charge in [-0.2, -0.15) is 0 Å². The number of halogens is 1. The number of guanidine groups is 1. The van der Waals surface area contributed by atoms with Gasteiger partial charge < -0.3 is 25.2 Å². The van der Waals surface area contributed by atoms with E-state index in [1.807, 2.05) is 13.0 Å². The molecule has 0 saturated carbocycles. The molecule has 1 saturated heterocycles. The van der Waals surface area contributed by atoms with Gasteiger partial charge in [0.1, 0.15) is 12.4 Å². The first-order chi connectivity index (χ1) is 12.6. The Morgan fingerprint density at radius 2 is 2.04 bits per heavy atom. The average molecular weight is 491 g/mol. The van der Waals surface area contributed by atoms with E-state index in [1.165, 1.54) is 0 Å². The number of nitrogens with one attached hydrogen (secondary N) is 2. The fourth-order valence-electron chi connectivity index (χ4n) is 3.23. The molecular formula is C20H34IN3O3. The number of aryl methyl sites for hydroxylation is 2. The summed E-state index contributed by atoms with van der Waals surface area (Å²) in [6.07, 6.45) is 1.68. The second-order valence-corrected chi connectivity index (χ2v) is 6.97. The fourth-order valence-corrected chi connectivity index (χ4v) is 3.23. The molecule has 0 aliphatic carbocycles. The van der Waals surface area contributed by atoms with Crippen LogP contribution in [0.1, 0.15) is 30.9 Å². The van der Waals surface area contributed by atoms with E-state index in [0.29, 0.717) is 26.3 Å². The van der Waals surface area contributed by atoms with Crippen LogP contribution in [-0.4, -0.2) is 57.1 Å². The van der Waals surface area contributed by atoms with Crippen molar-refractivity contribution in [1.82, 2.24) is 10.6 Å². The zero-order valence-corrected chi connectivity index (χ0v) is 19.0. The van der Waals surface area contributed by atoms with Crippen molar-refractivity contribution < 1.29 is 14.6 Å². The monoisotopic (exact) mass is 491 g/mol. The second kappa shape index (κ2) is 12.4. The SMILES string of the molecule is CCNC(=NCC1(CCO)CCOC1)NCCOc1c(C)cccc1C.I. The van der Waals surface area contributed by atoms with Crippen LogP contribution in [0.3, 0.4) is 0 Å². The molecule has 7 heteroatoms. The van der Waals surface area contributed by atoms with Crippen molar-refractivity contribution in [3.63, 3.8) is 0 Å². The lowest BCUT2D eigenvalue weighted by Crippen LogP contribution is -2.40. The van der Waals surface area contributed by atoms with Gasteiger partial charge in [0.05, 0.1) is 19.7 Å². The number of aliphatic hydroxyl groups excluding tert-OH is 1. The molecule has 0 radical (unpaired) electrons. The van der Waals surface area contributed by atoms with Crippen LogP contribution in [0, 0.1) is 19.3 Å². The molecule has 0 aromatic heterocycles. The molecule has 154 valence electrons. The number of aliphatic hydroxyl groups is 1. The van der Waals surface area contributed by atoms with Crippen molar-refractivity contribution in [3.05, 3.63) is 29.3 Å². The number of rotatable bonds is 9. The van der Waals surface area contributed by atoms with Crippen molar-refractivity contribution >= 4 is 29.9 Å². The third kappa shape index (κ3) is 7.46. The lowest BCUT2D eigenvalue weighted by Gasteiger charge is -2.24. The van der Waals surface area contributed by atoms with Crippen molar-refractivity contribution in [1.29, 1.82) is 0 Å². The molecule has 1 fully saturated rings. The Morgan fingerprint density at radius 1 is 1.30 bits per heavy atom. The molecule has 1 aliphatic heterocycles. The number of benzene rings is 1. The van der Waals surface area contributed by atoms with E-state index in [2.05, 4.69) is 36.6 Å². The summed E-state index contributed by atoms with van der Waals surface area (Å²) in [7, 11) is 0. The third-order valence-electron chi connectivity index (χ3n) is 4.79. The Bertz CT molecular complexity index is 570. The molecule has 1 aliphatic rings. The predicted octanol–water partition coefficient (Wildman–Crippen LogP) is 2.64. The molecule has 1 atom stereocenters. The van der Waals surface area contributed by atoms with Crippen molar-refractivity contribution in [3.8, 4) is 5.75 Å². The largest absolute Gasteiger partial charge is 0.491 e. The molecule has 0 spiro atoms. The highest BCUT2D eigenvalue weighted by Gasteiger charge is 2.34. The van der Waals surface area contributed by atoms with E-state index in [0.717, 1.165) is 48.8 Å². The van der Waals surface area contributed by atoms with Gasteiger partial charge in [-0.25, -0.2) is 0 Å². The minimum absolute atomic E-state index is 0. The Morgan fingerprint density at radius 3 is 2.63 bits per heavy atom. The van der Waals surface area contributed by atoms with Gasteiger partial charge in [-0.05, 0) is 44.7 Å². The summed E-state index contributed by atoms with van der Waals surface area (Å²) < 4.78 is 11.5. The summed E-state index contributed by atoms with van der Waals surface area (Å²) in [5, 5.41) is 15.9. The van der Waals surface area contributed by atoms with Crippen molar-refractivity contribution in [2.45, 2.75) is 33.6 Å². The first kappa shape index (κ1) is 24.0. The summed E-state index contributed by atoms with van der Waals surface area (Å²) in [6.45, 7) is 10.5. The maximum Gasteiger partial charge on any atom is 0.191 e. The number of para-hydroxylation sites is 1. The van der Waals surface area contributed by atoms with E-state index in [9.17, 15) is 5.11 Å². The molecular weight excluding hydrogens is 457 g/mol. The lowest BCUT2D eigenvalue weighted by molar-refractivity contribution is 0.131. The van der Waals surface area contributed by atoms with Crippen LogP contribution in [0.4, 0.5) is 0 Å². The van der Waals surface area contributed by atoms with Crippen LogP contribution < -0.4 is 15.4 Å². The third-order valence-corrected chi connectivity index (χ3v) is 4.79. The number of nitrogens with zero attached hydrogens (tertiary/aromatic N) is 1. The summed E-state index contributed by atoms with van der Waals surface area (Å²) in [5.74, 6) is 1.74. The van der Waals surface area contributed by atoms with Gasteiger partial charge in [-0.15, -0.1) is 24.0 Å². The minimum atomic E-state index is -0.0358. The smallest absolute Gasteiger partial charge is 0.191 e. The highest BCUT2D eigenvalue weighted by atomic mass is 127. The molecule has 1 heterocycles. The van der Waals surface area contributed by atoms with E-state index < -0.39 is 0 Å². The van der Waals surface area contributed by atoms with Crippen LogP contribution >= 0.6 is 24.0 Å². The standard InChI is InChI=1S/C20H33N3O3.HI/c1-4-21-19(23-14-20(8-11-24)9-12-25-15-20)22-10-13-26-18-16(2)6-5-7-17(18)3;/h5-7,24H,4,8-15H2,1-3H3,(H2,21,22,23);1H. The Kier molecular flexibility index (Phi) is 11.0. The second-order valence-electron chi connectivity index (χ2n) is 6.97. The first-order valence-electron chi connectivity index (χ1n) is 9.50. The number of aliphatic imine (C=N–C) groups is 1. The maximum absolute atomic E-state index is 9.34. The number of hydrogen-bond donors (Lipinski definition) is 3. The van der Waals surface area contributed by atoms with E-state index in [-0.39, 0.29) is 36.0 Å². The van der Waals surface area contributed by atoms with Crippen LogP contribution in [0.2, 0.25) is 0 Å². The normalized spacial score (nSPS) is 19.5. The molecule has 0 amide bonds. The topological polar surface area (TPSA) is 75.1 Å². The van der Waals surface area contributed by atoms with E-state index >= 15 is 0 Å². The zero-order chi connectivity index (χ0) is 18.8. The molecule has 0 bridgehead atoms. The summed E-state index contributed by atoms with van der Waals surface area (Å²) in [6, 6.07) is 6.16. The van der Waals surface area contributed by atoms with Crippen LogP contribution in [0.15, 0.2) is 23.2 Å². The van der Waals surface area contributed by atoms with Gasteiger partial charge >= 0.3 is 0 Å². The van der Waals surface area contributed by atoms with Gasteiger partial charge in [0, 0.05) is 25.2 Å². The van der Waals surface area contributed by atoms with Crippen molar-refractivity contribution in [2.75, 3.05) is 46.1 Å². The van der Waals surface area contributed by atoms with Crippen LogP contribution in [-0.2, 0) is 4.74 Å². The highest BCUT2D eigenvalue weighted by Crippen LogP contribution is 2.32. The predicted molar refractivity (Wildman–Crippen MR) is 120 cm³/mol. The molecule has 27 heavy (non-hydrogen) atoms.